The highest BCUT2D eigenvalue weighted by Gasteiger charge is 2.47. The van der Waals surface area contributed by atoms with E-state index in [9.17, 15) is 9.90 Å². The first-order valence-corrected chi connectivity index (χ1v) is 4.76. The molecule has 0 spiro atoms. The first kappa shape index (κ1) is 8.24. The van der Waals surface area contributed by atoms with Crippen LogP contribution < -0.4 is 0 Å². The van der Waals surface area contributed by atoms with E-state index < -0.39 is 5.60 Å². The van der Waals surface area contributed by atoms with Crippen molar-refractivity contribution in [3.8, 4) is 0 Å². The van der Waals surface area contributed by atoms with Crippen molar-refractivity contribution in [3.05, 3.63) is 0 Å². The third-order valence-electron chi connectivity index (χ3n) is 3.33. The van der Waals surface area contributed by atoms with Crippen LogP contribution in [0.5, 0.6) is 0 Å². The van der Waals surface area contributed by atoms with Crippen molar-refractivity contribution in [1.29, 1.82) is 0 Å². The Balaban J connectivity index is 2.24. The molecule has 2 heteroatoms. The Kier molecular flexibility index (Phi) is 1.59. The molecule has 2 nitrogen and oxygen atoms in total. The Labute approximate surface area is 73.0 Å². The van der Waals surface area contributed by atoms with Gasteiger partial charge in [0.05, 0.1) is 5.60 Å². The average molecular weight is 168 g/mol. The van der Waals surface area contributed by atoms with Crippen LogP contribution in [0.2, 0.25) is 0 Å². The first-order valence-electron chi connectivity index (χ1n) is 4.76. The van der Waals surface area contributed by atoms with Gasteiger partial charge in [-0.2, -0.15) is 0 Å². The molecular formula is C10H16O2. The number of hydrogen-bond acceptors (Lipinski definition) is 2. The third-order valence-corrected chi connectivity index (χ3v) is 3.33. The molecule has 0 unspecified atom stereocenters. The fraction of sp³-hybridized carbons (Fsp3) is 0.900. The second-order valence-electron chi connectivity index (χ2n) is 4.96. The van der Waals surface area contributed by atoms with Crippen molar-refractivity contribution >= 4 is 5.78 Å². The van der Waals surface area contributed by atoms with Crippen molar-refractivity contribution in [1.82, 2.24) is 0 Å². The summed E-state index contributed by atoms with van der Waals surface area (Å²) < 4.78 is 0. The molecule has 2 rings (SSSR count). The largest absolute Gasteiger partial charge is 0.389 e. The average Bonchev–Trinajstić information content (AvgIpc) is 1.79. The number of aliphatic hydroxyl groups is 1. The minimum absolute atomic E-state index is 0.113. The van der Waals surface area contributed by atoms with E-state index in [1.165, 1.54) is 0 Å². The normalized spacial score (nSPS) is 47.7. The van der Waals surface area contributed by atoms with Crippen LogP contribution in [-0.2, 0) is 4.79 Å². The summed E-state index contributed by atoms with van der Waals surface area (Å²) in [5, 5.41) is 10.0. The molecular weight excluding hydrogens is 152 g/mol. The van der Waals surface area contributed by atoms with E-state index in [0.29, 0.717) is 12.8 Å². The lowest BCUT2D eigenvalue weighted by Crippen LogP contribution is -2.47. The van der Waals surface area contributed by atoms with E-state index in [1.54, 1.807) is 0 Å². The molecule has 2 aliphatic rings. The van der Waals surface area contributed by atoms with E-state index >= 15 is 0 Å². The summed E-state index contributed by atoms with van der Waals surface area (Å²) in [5.41, 5.74) is -0.523. The van der Waals surface area contributed by atoms with Crippen molar-refractivity contribution in [2.75, 3.05) is 0 Å². The molecule has 0 aromatic rings. The Bertz CT molecular complexity index is 204. The van der Waals surface area contributed by atoms with Gasteiger partial charge in [-0.3, -0.25) is 4.79 Å². The third kappa shape index (κ3) is 1.28. The zero-order valence-electron chi connectivity index (χ0n) is 7.60. The van der Waals surface area contributed by atoms with Crippen LogP contribution in [0.1, 0.15) is 45.4 Å². The van der Waals surface area contributed by atoms with Crippen LogP contribution in [0.15, 0.2) is 0 Å². The van der Waals surface area contributed by atoms with Gasteiger partial charge in [-0.25, -0.2) is 0 Å². The lowest BCUT2D eigenvalue weighted by atomic mass is 9.60. The lowest BCUT2D eigenvalue weighted by Gasteiger charge is -2.47. The molecule has 12 heavy (non-hydrogen) atoms. The Morgan fingerprint density at radius 2 is 2.08 bits per heavy atom. The standard InChI is InChI=1S/C10H16O2/c1-9-3-2-4-10(12,7-9)6-8(11)5-9/h12H,2-7H2,1H3/t9-,10-/m0/s1. The molecule has 0 heterocycles. The SMILES string of the molecule is C[C@]12CCC[C@](O)(CC(=O)C1)C2. The first-order chi connectivity index (χ1) is 5.52. The predicted molar refractivity (Wildman–Crippen MR) is 45.8 cm³/mol. The number of carbonyl (C=O) groups is 1. The van der Waals surface area contributed by atoms with Gasteiger partial charge in [0, 0.05) is 12.8 Å². The molecule has 1 N–H and O–H groups in total. The molecule has 0 amide bonds. The Hall–Kier alpha value is -0.370. The van der Waals surface area contributed by atoms with Gasteiger partial charge in [0.1, 0.15) is 5.78 Å². The molecule has 2 saturated carbocycles. The van der Waals surface area contributed by atoms with Gasteiger partial charge in [-0.15, -0.1) is 0 Å². The highest BCUT2D eigenvalue weighted by molar-refractivity contribution is 5.81. The minimum atomic E-state index is -0.637. The van der Waals surface area contributed by atoms with Gasteiger partial charge in [-0.1, -0.05) is 13.3 Å². The molecule has 0 aliphatic heterocycles. The van der Waals surface area contributed by atoms with Gasteiger partial charge >= 0.3 is 0 Å². The van der Waals surface area contributed by atoms with Crippen LogP contribution in [0.25, 0.3) is 0 Å². The molecule has 2 bridgehead atoms. The molecule has 0 aromatic carbocycles. The maximum absolute atomic E-state index is 11.3. The summed E-state index contributed by atoms with van der Waals surface area (Å²) in [4.78, 5) is 11.3. The maximum atomic E-state index is 11.3. The highest BCUT2D eigenvalue weighted by Crippen LogP contribution is 2.49. The second kappa shape index (κ2) is 2.32. The second-order valence-corrected chi connectivity index (χ2v) is 4.96. The zero-order valence-corrected chi connectivity index (χ0v) is 7.60. The van der Waals surface area contributed by atoms with Gasteiger partial charge in [-0.05, 0) is 24.7 Å². The van der Waals surface area contributed by atoms with Crippen LogP contribution in [0.4, 0.5) is 0 Å². The Morgan fingerprint density at radius 3 is 2.75 bits per heavy atom. The van der Waals surface area contributed by atoms with E-state index in [2.05, 4.69) is 6.92 Å². The molecule has 0 saturated heterocycles. The van der Waals surface area contributed by atoms with E-state index in [0.717, 1.165) is 25.7 Å². The number of Topliss-reactive ketones (excluding diaryl/α,β-unsaturated/α-hetero) is 1. The van der Waals surface area contributed by atoms with Gasteiger partial charge in [0.2, 0.25) is 0 Å². The predicted octanol–water partition coefficient (Wildman–Crippen LogP) is 1.66. The smallest absolute Gasteiger partial charge is 0.136 e. The summed E-state index contributed by atoms with van der Waals surface area (Å²) in [6.45, 7) is 2.13. The fourth-order valence-corrected chi connectivity index (χ4v) is 3.02. The molecule has 0 radical (unpaired) electrons. The monoisotopic (exact) mass is 168 g/mol. The van der Waals surface area contributed by atoms with Crippen molar-refractivity contribution < 1.29 is 9.90 Å². The quantitative estimate of drug-likeness (QED) is 0.597. The van der Waals surface area contributed by atoms with Crippen molar-refractivity contribution in [3.63, 3.8) is 0 Å². The Morgan fingerprint density at radius 1 is 1.33 bits per heavy atom. The molecule has 2 aliphatic carbocycles. The number of fused-ring (bicyclic) bond motifs is 2. The van der Waals surface area contributed by atoms with Crippen molar-refractivity contribution in [2.24, 2.45) is 5.41 Å². The summed E-state index contributed by atoms with van der Waals surface area (Å²) in [7, 11) is 0. The number of carbonyl (C=O) groups excluding carboxylic acids is 1. The van der Waals surface area contributed by atoms with Crippen LogP contribution in [0.3, 0.4) is 0 Å². The topological polar surface area (TPSA) is 37.3 Å². The van der Waals surface area contributed by atoms with Crippen LogP contribution >= 0.6 is 0 Å². The van der Waals surface area contributed by atoms with E-state index in [-0.39, 0.29) is 11.2 Å². The number of ketones is 1. The number of rotatable bonds is 0. The molecule has 0 aromatic heterocycles. The molecule has 2 atom stereocenters. The summed E-state index contributed by atoms with van der Waals surface area (Å²) in [6, 6.07) is 0. The van der Waals surface area contributed by atoms with E-state index in [1.807, 2.05) is 0 Å². The summed E-state index contributed by atoms with van der Waals surface area (Å²) in [5.74, 6) is 0.256. The van der Waals surface area contributed by atoms with Gasteiger partial charge in [0.15, 0.2) is 0 Å². The van der Waals surface area contributed by atoms with Crippen molar-refractivity contribution in [2.45, 2.75) is 51.0 Å². The zero-order chi connectivity index (χ0) is 8.82. The fourth-order valence-electron chi connectivity index (χ4n) is 3.02. The molecule has 68 valence electrons. The number of hydrogen-bond donors (Lipinski definition) is 1. The van der Waals surface area contributed by atoms with Crippen LogP contribution in [-0.4, -0.2) is 16.5 Å². The van der Waals surface area contributed by atoms with Gasteiger partial charge < -0.3 is 5.11 Å². The molecule has 2 fully saturated rings. The van der Waals surface area contributed by atoms with Crippen LogP contribution in [0, 0.1) is 5.41 Å². The summed E-state index contributed by atoms with van der Waals surface area (Å²) >= 11 is 0. The maximum Gasteiger partial charge on any atom is 0.136 e. The minimum Gasteiger partial charge on any atom is -0.389 e. The highest BCUT2D eigenvalue weighted by atomic mass is 16.3. The lowest BCUT2D eigenvalue weighted by molar-refractivity contribution is -0.141. The van der Waals surface area contributed by atoms with Gasteiger partial charge in [0.25, 0.3) is 0 Å². The van der Waals surface area contributed by atoms with E-state index in [4.69, 9.17) is 0 Å². The summed E-state index contributed by atoms with van der Waals surface area (Å²) in [6.07, 6.45) is 4.96.